The summed E-state index contributed by atoms with van der Waals surface area (Å²) in [5.74, 6) is -0.0825. The minimum atomic E-state index is -4.63. The van der Waals surface area contributed by atoms with E-state index in [9.17, 15) is 22.8 Å². The van der Waals surface area contributed by atoms with E-state index in [4.69, 9.17) is 14.5 Å². The van der Waals surface area contributed by atoms with Crippen LogP contribution in [0.25, 0.3) is 11.3 Å². The van der Waals surface area contributed by atoms with E-state index in [1.165, 1.54) is 24.0 Å². The van der Waals surface area contributed by atoms with E-state index < -0.39 is 17.8 Å². The van der Waals surface area contributed by atoms with Gasteiger partial charge >= 0.3 is 6.18 Å². The van der Waals surface area contributed by atoms with E-state index in [0.717, 1.165) is 13.0 Å². The molecule has 44 heavy (non-hydrogen) atoms. The van der Waals surface area contributed by atoms with Crippen LogP contribution in [0, 0.1) is 12.3 Å². The lowest BCUT2D eigenvalue weighted by atomic mass is 9.61. The third kappa shape index (κ3) is 5.92. The number of nitrogens with one attached hydrogen (secondary N) is 2. The Labute approximate surface area is 252 Å². The Morgan fingerprint density at radius 1 is 1.14 bits per heavy atom. The molecule has 1 atom stereocenters. The average molecular weight is 611 g/mol. The number of carbonyl (C=O) groups excluding carboxylic acids is 2. The summed E-state index contributed by atoms with van der Waals surface area (Å²) in [7, 11) is 0. The molecule has 3 aromatic rings. The van der Waals surface area contributed by atoms with E-state index in [1.807, 2.05) is 13.0 Å². The molecule has 0 radical (unpaired) electrons. The molecule has 0 bridgehead atoms. The average Bonchev–Trinajstić information content (AvgIpc) is 3.46. The van der Waals surface area contributed by atoms with Crippen LogP contribution < -0.4 is 20.1 Å². The maximum atomic E-state index is 13.4. The number of carbonyl (C=O) groups is 2. The lowest BCUT2D eigenvalue weighted by Gasteiger charge is -2.58. The van der Waals surface area contributed by atoms with Crippen LogP contribution in [0.5, 0.6) is 11.6 Å². The second kappa shape index (κ2) is 11.7. The number of hydrogen-bond donors (Lipinski definition) is 2. The Balaban J connectivity index is 1.14. The first-order valence-corrected chi connectivity index (χ1v) is 14.7. The Morgan fingerprint density at radius 3 is 2.64 bits per heavy atom. The Kier molecular flexibility index (Phi) is 7.91. The number of likely N-dealkylation sites (tertiary alicyclic amines) is 1. The molecule has 232 valence electrons. The number of nitrogens with zero attached hydrogens (tertiary/aromatic N) is 4. The molecular formula is C31H33F3N6O4. The van der Waals surface area contributed by atoms with Crippen molar-refractivity contribution in [3.05, 3.63) is 65.2 Å². The molecule has 3 fully saturated rings. The quantitative estimate of drug-likeness (QED) is 0.393. The van der Waals surface area contributed by atoms with Gasteiger partial charge in [-0.1, -0.05) is 6.07 Å². The predicted molar refractivity (Wildman–Crippen MR) is 153 cm³/mol. The monoisotopic (exact) mass is 610 g/mol. The zero-order valence-electron chi connectivity index (χ0n) is 24.4. The van der Waals surface area contributed by atoms with Gasteiger partial charge < -0.3 is 25.0 Å². The zero-order valence-corrected chi connectivity index (χ0v) is 24.4. The van der Waals surface area contributed by atoms with Crippen molar-refractivity contribution in [3.63, 3.8) is 0 Å². The minimum absolute atomic E-state index is 0.0149. The number of ether oxygens (including phenoxy) is 2. The molecule has 2 N–H and O–H groups in total. The van der Waals surface area contributed by atoms with Crippen LogP contribution >= 0.6 is 0 Å². The normalized spacial score (nSPS) is 19.3. The highest BCUT2D eigenvalue weighted by Crippen LogP contribution is 2.50. The molecule has 2 saturated heterocycles. The molecule has 5 heterocycles. The molecule has 3 aromatic heterocycles. The summed E-state index contributed by atoms with van der Waals surface area (Å²) in [6, 6.07) is 9.70. The standard InChI is InChI=1S/C31H33F3N6O4/c1-3-43-28-21(5-4-11-36-28)22-8-9-24(25(38-22)27(41)37-19-10-12-35-15-19)44-20-13-30(14-20)16-40(17-30)29(42)23-7-6-18(2)26(39-23)31(32,33)34/h4-9,11,19-20,35H,3,10,12-17H2,1-2H3,(H,37,41)/t19-/m1/s1. The lowest BCUT2D eigenvalue weighted by molar-refractivity contribution is -0.141. The van der Waals surface area contributed by atoms with Gasteiger partial charge in [-0.05, 0) is 75.5 Å². The fourth-order valence-corrected chi connectivity index (χ4v) is 6.15. The summed E-state index contributed by atoms with van der Waals surface area (Å²) in [5, 5.41) is 6.28. The van der Waals surface area contributed by atoms with Crippen LogP contribution in [-0.4, -0.2) is 76.6 Å². The number of rotatable bonds is 8. The molecule has 3 aliphatic rings. The van der Waals surface area contributed by atoms with Gasteiger partial charge in [-0.25, -0.2) is 15.0 Å². The molecule has 2 amide bonds. The van der Waals surface area contributed by atoms with E-state index in [2.05, 4.69) is 20.6 Å². The molecule has 10 nitrogen and oxygen atoms in total. The highest BCUT2D eigenvalue weighted by atomic mass is 19.4. The van der Waals surface area contributed by atoms with Crippen molar-refractivity contribution in [2.75, 3.05) is 32.8 Å². The van der Waals surface area contributed by atoms with Crippen molar-refractivity contribution in [2.24, 2.45) is 5.41 Å². The molecule has 1 saturated carbocycles. The van der Waals surface area contributed by atoms with Crippen molar-refractivity contribution >= 4 is 11.8 Å². The van der Waals surface area contributed by atoms with E-state index in [1.54, 1.807) is 24.4 Å². The van der Waals surface area contributed by atoms with Gasteiger partial charge in [0.1, 0.15) is 17.5 Å². The van der Waals surface area contributed by atoms with Gasteiger partial charge in [-0.15, -0.1) is 0 Å². The smallest absolute Gasteiger partial charge is 0.433 e. The third-order valence-electron chi connectivity index (χ3n) is 8.34. The number of amides is 2. The zero-order chi connectivity index (χ0) is 31.1. The number of aromatic nitrogens is 3. The van der Waals surface area contributed by atoms with Crippen LogP contribution in [-0.2, 0) is 6.18 Å². The molecule has 0 unspecified atom stereocenters. The highest BCUT2D eigenvalue weighted by molar-refractivity contribution is 5.96. The summed E-state index contributed by atoms with van der Waals surface area (Å²) in [5.41, 5.74) is -0.116. The van der Waals surface area contributed by atoms with Gasteiger partial charge in [0.25, 0.3) is 11.8 Å². The molecule has 13 heteroatoms. The second-order valence-corrected chi connectivity index (χ2v) is 11.7. The number of pyridine rings is 3. The van der Waals surface area contributed by atoms with Crippen LogP contribution in [0.4, 0.5) is 13.2 Å². The maximum Gasteiger partial charge on any atom is 0.433 e. The van der Waals surface area contributed by atoms with Crippen LogP contribution in [0.2, 0.25) is 0 Å². The fraction of sp³-hybridized carbons (Fsp3) is 0.452. The SMILES string of the molecule is CCOc1ncccc1-c1ccc(OC2CC3(C2)CN(C(=O)c2ccc(C)c(C(F)(F)F)n2)C3)c(C(=O)N[C@@H]2CCNC2)n1. The highest BCUT2D eigenvalue weighted by Gasteiger charge is 2.55. The lowest BCUT2D eigenvalue weighted by Crippen LogP contribution is -2.66. The van der Waals surface area contributed by atoms with Gasteiger partial charge in [-0.3, -0.25) is 9.59 Å². The number of halogens is 3. The van der Waals surface area contributed by atoms with Crippen LogP contribution in [0.15, 0.2) is 42.6 Å². The minimum Gasteiger partial charge on any atom is -0.488 e. The van der Waals surface area contributed by atoms with Crippen molar-refractivity contribution in [2.45, 2.75) is 51.4 Å². The Morgan fingerprint density at radius 2 is 1.93 bits per heavy atom. The van der Waals surface area contributed by atoms with E-state index in [0.29, 0.717) is 62.0 Å². The third-order valence-corrected chi connectivity index (χ3v) is 8.34. The second-order valence-electron chi connectivity index (χ2n) is 11.7. The van der Waals surface area contributed by atoms with Crippen molar-refractivity contribution in [3.8, 4) is 22.9 Å². The summed E-state index contributed by atoms with van der Waals surface area (Å²) >= 11 is 0. The fourth-order valence-electron chi connectivity index (χ4n) is 6.15. The van der Waals surface area contributed by atoms with Crippen molar-refractivity contribution in [1.29, 1.82) is 0 Å². The summed E-state index contributed by atoms with van der Waals surface area (Å²) in [6.45, 7) is 5.92. The van der Waals surface area contributed by atoms with Crippen molar-refractivity contribution in [1.82, 2.24) is 30.5 Å². The first kappa shape index (κ1) is 29.8. The first-order chi connectivity index (χ1) is 21.0. The predicted octanol–water partition coefficient (Wildman–Crippen LogP) is 4.04. The number of hydrogen-bond acceptors (Lipinski definition) is 8. The number of alkyl halides is 3. The van der Waals surface area contributed by atoms with Gasteiger partial charge in [-0.2, -0.15) is 13.2 Å². The van der Waals surface area contributed by atoms with Gasteiger partial charge in [0.2, 0.25) is 5.88 Å². The van der Waals surface area contributed by atoms with Gasteiger partial charge in [0.05, 0.1) is 17.9 Å². The van der Waals surface area contributed by atoms with Crippen LogP contribution in [0.1, 0.15) is 58.4 Å². The maximum absolute atomic E-state index is 13.4. The Bertz CT molecular complexity index is 1560. The summed E-state index contributed by atoms with van der Waals surface area (Å²) in [6.07, 6.45) is -1.11. The molecule has 1 aliphatic carbocycles. The molecule has 0 aromatic carbocycles. The Hall–Kier alpha value is -4.26. The van der Waals surface area contributed by atoms with Gasteiger partial charge in [0.15, 0.2) is 11.4 Å². The number of aryl methyl sites for hydroxylation is 1. The molecule has 6 rings (SSSR count). The van der Waals surface area contributed by atoms with E-state index in [-0.39, 0.29) is 40.4 Å². The van der Waals surface area contributed by atoms with Crippen molar-refractivity contribution < 1.29 is 32.2 Å². The largest absolute Gasteiger partial charge is 0.488 e. The van der Waals surface area contributed by atoms with Gasteiger partial charge in [0, 0.05) is 37.3 Å². The molecular weight excluding hydrogens is 577 g/mol. The molecule has 2 aliphatic heterocycles. The van der Waals surface area contributed by atoms with E-state index >= 15 is 0 Å². The molecule has 1 spiro atoms. The summed E-state index contributed by atoms with van der Waals surface area (Å²) in [4.78, 5) is 40.4. The topological polar surface area (TPSA) is 119 Å². The van der Waals surface area contributed by atoms with Crippen LogP contribution in [0.3, 0.4) is 0 Å². The summed E-state index contributed by atoms with van der Waals surface area (Å²) < 4.78 is 51.8. The first-order valence-electron chi connectivity index (χ1n) is 14.7.